The average molecular weight is 308 g/mol. The van der Waals surface area contributed by atoms with Crippen LogP contribution in [0.4, 0.5) is 0 Å². The predicted molar refractivity (Wildman–Crippen MR) is 87.5 cm³/mol. The van der Waals surface area contributed by atoms with Crippen molar-refractivity contribution in [1.29, 1.82) is 0 Å². The zero-order valence-corrected chi connectivity index (χ0v) is 13.3. The topological polar surface area (TPSA) is 72.8 Å². The number of aliphatic hydroxyl groups is 1. The number of esters is 1. The molecular formula is C17H24O5. The van der Waals surface area contributed by atoms with E-state index in [2.05, 4.69) is 58.0 Å². The van der Waals surface area contributed by atoms with Crippen LogP contribution in [0.15, 0.2) is 48.5 Å². The van der Waals surface area contributed by atoms with Gasteiger partial charge in [-0.2, -0.15) is 0 Å². The van der Waals surface area contributed by atoms with Crippen LogP contribution in [-0.2, 0) is 19.1 Å². The number of aliphatic hydroxyl groups excluding tert-OH is 1. The van der Waals surface area contributed by atoms with Crippen LogP contribution in [0.2, 0.25) is 0 Å². The van der Waals surface area contributed by atoms with Crippen LogP contribution in [0.3, 0.4) is 0 Å². The van der Waals surface area contributed by atoms with Crippen LogP contribution >= 0.6 is 0 Å². The Morgan fingerprint density at radius 1 is 1.05 bits per heavy atom. The number of methoxy groups -OCH3 is 1. The number of fused-ring (bicyclic) bond motifs is 1. The summed E-state index contributed by atoms with van der Waals surface area (Å²) in [5.41, 5.74) is 0. The summed E-state index contributed by atoms with van der Waals surface area (Å²) in [4.78, 5) is 17.8. The van der Waals surface area contributed by atoms with Gasteiger partial charge >= 0.3 is 5.97 Å². The second-order valence-corrected chi connectivity index (χ2v) is 3.69. The average Bonchev–Trinajstić information content (AvgIpc) is 2.57. The Kier molecular flexibility index (Phi) is 16.8. The van der Waals surface area contributed by atoms with Gasteiger partial charge in [0.25, 0.3) is 0 Å². The van der Waals surface area contributed by atoms with Crippen molar-refractivity contribution < 1.29 is 24.2 Å². The lowest BCUT2D eigenvalue weighted by Gasteiger charge is -1.92. The van der Waals surface area contributed by atoms with E-state index in [-0.39, 0.29) is 12.8 Å². The molecule has 0 saturated carbocycles. The predicted octanol–water partition coefficient (Wildman–Crippen LogP) is 2.81. The maximum atomic E-state index is 9.82. The molecule has 0 atom stereocenters. The highest BCUT2D eigenvalue weighted by Gasteiger charge is 1.85. The second kappa shape index (κ2) is 16.8. The first-order valence-corrected chi connectivity index (χ1v) is 6.61. The molecule has 22 heavy (non-hydrogen) atoms. The van der Waals surface area contributed by atoms with Gasteiger partial charge in [-0.05, 0) is 17.7 Å². The molecule has 0 aromatic heterocycles. The molecule has 0 radical (unpaired) electrons. The third-order valence-electron chi connectivity index (χ3n) is 2.14. The van der Waals surface area contributed by atoms with Gasteiger partial charge in [0.1, 0.15) is 13.6 Å². The summed E-state index contributed by atoms with van der Waals surface area (Å²) < 4.78 is 8.50. The van der Waals surface area contributed by atoms with Crippen molar-refractivity contribution in [3.05, 3.63) is 48.5 Å². The van der Waals surface area contributed by atoms with Gasteiger partial charge in [0.15, 0.2) is 0 Å². The summed E-state index contributed by atoms with van der Waals surface area (Å²) in [5.74, 6) is -0.211. The molecule has 122 valence electrons. The summed E-state index contributed by atoms with van der Waals surface area (Å²) in [7, 11) is 1.43. The third-order valence-corrected chi connectivity index (χ3v) is 2.14. The van der Waals surface area contributed by atoms with Crippen molar-refractivity contribution >= 4 is 23.5 Å². The first-order chi connectivity index (χ1) is 10.7. The van der Waals surface area contributed by atoms with E-state index < -0.39 is 0 Å². The SMILES string of the molecule is C=O.CCOC(C)=O.COCO.c1ccc2ccccc2c1. The highest BCUT2D eigenvalue weighted by molar-refractivity contribution is 5.81. The van der Waals surface area contributed by atoms with Crippen molar-refractivity contribution in [1.82, 2.24) is 0 Å². The van der Waals surface area contributed by atoms with Crippen LogP contribution < -0.4 is 0 Å². The first kappa shape index (κ1) is 22.0. The number of carbonyl (C=O) groups excluding carboxylic acids is 2. The normalized spacial score (nSPS) is 8.18. The minimum atomic E-state index is -0.211. The van der Waals surface area contributed by atoms with Crippen molar-refractivity contribution in [2.24, 2.45) is 0 Å². The van der Waals surface area contributed by atoms with Gasteiger partial charge in [0.05, 0.1) is 6.61 Å². The van der Waals surface area contributed by atoms with Gasteiger partial charge in [0.2, 0.25) is 0 Å². The lowest BCUT2D eigenvalue weighted by Crippen LogP contribution is -1.95. The minimum Gasteiger partial charge on any atom is -0.466 e. The Morgan fingerprint density at radius 3 is 1.50 bits per heavy atom. The van der Waals surface area contributed by atoms with Crippen LogP contribution in [0.25, 0.3) is 10.8 Å². The van der Waals surface area contributed by atoms with E-state index in [1.165, 1.54) is 24.8 Å². The Morgan fingerprint density at radius 2 is 1.36 bits per heavy atom. The summed E-state index contributed by atoms with van der Waals surface area (Å²) in [6.07, 6.45) is 0. The van der Waals surface area contributed by atoms with E-state index in [9.17, 15) is 4.79 Å². The van der Waals surface area contributed by atoms with Crippen molar-refractivity contribution in [3.8, 4) is 0 Å². The van der Waals surface area contributed by atoms with Crippen molar-refractivity contribution in [3.63, 3.8) is 0 Å². The van der Waals surface area contributed by atoms with Gasteiger partial charge in [0, 0.05) is 14.0 Å². The standard InChI is InChI=1S/C10H8.C4H8O2.C2H6O2.CH2O/c1-2-6-10-8-4-3-7-9(10)5-1;1-3-6-4(2)5;1-4-2-3;1-2/h1-8H;3H2,1-2H3;3H,2H2,1H3;1H2. The largest absolute Gasteiger partial charge is 0.466 e. The van der Waals surface area contributed by atoms with Crippen molar-refractivity contribution in [2.75, 3.05) is 20.5 Å². The highest BCUT2D eigenvalue weighted by Crippen LogP contribution is 2.11. The molecule has 0 fully saturated rings. The van der Waals surface area contributed by atoms with Crippen LogP contribution in [0.5, 0.6) is 0 Å². The minimum absolute atomic E-state index is 0.181. The monoisotopic (exact) mass is 308 g/mol. The summed E-state index contributed by atoms with van der Waals surface area (Å²) in [5, 5.41) is 10.3. The molecule has 0 aliphatic heterocycles. The molecule has 5 nitrogen and oxygen atoms in total. The van der Waals surface area contributed by atoms with Gasteiger partial charge in [-0.1, -0.05) is 48.5 Å². The summed E-state index contributed by atoms with van der Waals surface area (Å²) in [6.45, 7) is 5.47. The maximum Gasteiger partial charge on any atom is 0.302 e. The smallest absolute Gasteiger partial charge is 0.302 e. The number of hydrogen-bond acceptors (Lipinski definition) is 5. The van der Waals surface area contributed by atoms with Gasteiger partial charge in [-0.15, -0.1) is 0 Å². The fourth-order valence-electron chi connectivity index (χ4n) is 1.34. The summed E-state index contributed by atoms with van der Waals surface area (Å²) in [6, 6.07) is 16.7. The molecular weight excluding hydrogens is 284 g/mol. The molecule has 0 unspecified atom stereocenters. The van der Waals surface area contributed by atoms with E-state index in [1.54, 1.807) is 6.92 Å². The number of rotatable bonds is 2. The summed E-state index contributed by atoms with van der Waals surface area (Å²) >= 11 is 0. The molecule has 0 heterocycles. The number of ether oxygens (including phenoxy) is 2. The van der Waals surface area contributed by atoms with E-state index in [1.807, 2.05) is 6.79 Å². The zero-order valence-electron chi connectivity index (χ0n) is 13.3. The number of hydrogen-bond donors (Lipinski definition) is 1. The second-order valence-electron chi connectivity index (χ2n) is 3.69. The van der Waals surface area contributed by atoms with E-state index in [4.69, 9.17) is 9.90 Å². The lowest BCUT2D eigenvalue weighted by atomic mass is 10.1. The Balaban J connectivity index is 0. The Bertz CT molecular complexity index is 432. The van der Waals surface area contributed by atoms with E-state index >= 15 is 0 Å². The van der Waals surface area contributed by atoms with Gasteiger partial charge in [-0.25, -0.2) is 0 Å². The molecule has 2 aromatic carbocycles. The zero-order chi connectivity index (χ0) is 17.2. The molecule has 0 amide bonds. The third kappa shape index (κ3) is 12.8. The molecule has 0 spiro atoms. The van der Waals surface area contributed by atoms with E-state index in [0.717, 1.165) is 0 Å². The maximum absolute atomic E-state index is 9.82. The molecule has 0 aliphatic carbocycles. The molecule has 0 bridgehead atoms. The van der Waals surface area contributed by atoms with Crippen molar-refractivity contribution in [2.45, 2.75) is 13.8 Å². The molecule has 0 aliphatic rings. The molecule has 2 rings (SSSR count). The van der Waals surface area contributed by atoms with E-state index in [0.29, 0.717) is 6.61 Å². The molecule has 2 aromatic rings. The van der Waals surface area contributed by atoms with Crippen LogP contribution in [0, 0.1) is 0 Å². The highest BCUT2D eigenvalue weighted by atomic mass is 16.6. The fourth-order valence-corrected chi connectivity index (χ4v) is 1.34. The fraction of sp³-hybridized carbons (Fsp3) is 0.294. The quantitative estimate of drug-likeness (QED) is 0.682. The number of carbonyl (C=O) groups is 2. The van der Waals surface area contributed by atoms with Crippen LogP contribution in [-0.4, -0.2) is 38.4 Å². The van der Waals surface area contributed by atoms with Crippen LogP contribution in [0.1, 0.15) is 13.8 Å². The molecule has 1 N–H and O–H groups in total. The number of benzene rings is 2. The first-order valence-electron chi connectivity index (χ1n) is 6.61. The molecule has 0 saturated heterocycles. The molecule has 5 heteroatoms. The lowest BCUT2D eigenvalue weighted by molar-refractivity contribution is -0.140. The van der Waals surface area contributed by atoms with Gasteiger partial charge in [-0.3, -0.25) is 4.79 Å². The van der Waals surface area contributed by atoms with Gasteiger partial charge < -0.3 is 19.4 Å². The Hall–Kier alpha value is -2.24. The Labute approximate surface area is 131 Å².